The van der Waals surface area contributed by atoms with Crippen molar-refractivity contribution in [2.45, 2.75) is 19.3 Å². The number of carbonyl (C=O) groups is 2. The fourth-order valence-corrected chi connectivity index (χ4v) is 3.98. The van der Waals surface area contributed by atoms with Crippen LogP contribution in [0.5, 0.6) is 0 Å². The van der Waals surface area contributed by atoms with Gasteiger partial charge in [0.05, 0.1) is 5.56 Å². The zero-order valence-electron chi connectivity index (χ0n) is 13.4. The van der Waals surface area contributed by atoms with Crippen molar-refractivity contribution in [1.82, 2.24) is 9.80 Å². The lowest BCUT2D eigenvalue weighted by molar-refractivity contribution is 0.0588. The number of hydrogen-bond donors (Lipinski definition) is 0. The third-order valence-corrected chi connectivity index (χ3v) is 5.20. The van der Waals surface area contributed by atoms with E-state index >= 15 is 0 Å². The molecule has 4 rings (SSSR count). The SMILES string of the molecule is O=C1c2cccc3cc(Cl)cc(c23)C(=O)N1CCN1CCCCC1. The van der Waals surface area contributed by atoms with E-state index in [4.69, 9.17) is 11.6 Å². The van der Waals surface area contributed by atoms with E-state index in [0.29, 0.717) is 22.7 Å². The summed E-state index contributed by atoms with van der Waals surface area (Å²) in [6.45, 7) is 3.27. The van der Waals surface area contributed by atoms with Gasteiger partial charge >= 0.3 is 0 Å². The van der Waals surface area contributed by atoms with E-state index in [1.807, 2.05) is 12.1 Å². The third-order valence-electron chi connectivity index (χ3n) is 4.98. The molecule has 0 spiro atoms. The lowest BCUT2D eigenvalue weighted by Gasteiger charge is -2.31. The maximum atomic E-state index is 12.9. The number of benzene rings is 2. The molecule has 24 heavy (non-hydrogen) atoms. The van der Waals surface area contributed by atoms with Crippen LogP contribution in [0.3, 0.4) is 0 Å². The number of imide groups is 1. The Labute approximate surface area is 146 Å². The quantitative estimate of drug-likeness (QED) is 0.800. The van der Waals surface area contributed by atoms with Crippen LogP contribution in [0.15, 0.2) is 30.3 Å². The zero-order chi connectivity index (χ0) is 16.7. The van der Waals surface area contributed by atoms with Gasteiger partial charge in [-0.3, -0.25) is 14.5 Å². The molecule has 2 aliphatic rings. The Bertz CT molecular complexity index is 827. The first kappa shape index (κ1) is 15.6. The molecule has 0 N–H and O–H groups in total. The Hall–Kier alpha value is -1.91. The second-order valence-electron chi connectivity index (χ2n) is 6.52. The zero-order valence-corrected chi connectivity index (χ0v) is 14.2. The lowest BCUT2D eigenvalue weighted by Crippen LogP contribution is -2.45. The molecule has 124 valence electrons. The Morgan fingerprint density at radius 3 is 2.46 bits per heavy atom. The minimum absolute atomic E-state index is 0.197. The number of rotatable bonds is 3. The van der Waals surface area contributed by atoms with E-state index in [0.717, 1.165) is 30.4 Å². The minimum Gasteiger partial charge on any atom is -0.302 e. The van der Waals surface area contributed by atoms with Gasteiger partial charge in [-0.2, -0.15) is 0 Å². The Morgan fingerprint density at radius 2 is 1.67 bits per heavy atom. The highest BCUT2D eigenvalue weighted by molar-refractivity contribution is 6.33. The van der Waals surface area contributed by atoms with Gasteiger partial charge in [0.15, 0.2) is 0 Å². The van der Waals surface area contributed by atoms with Crippen molar-refractivity contribution in [1.29, 1.82) is 0 Å². The van der Waals surface area contributed by atoms with Crippen LogP contribution in [0.25, 0.3) is 10.8 Å². The Balaban J connectivity index is 1.66. The topological polar surface area (TPSA) is 40.6 Å². The summed E-state index contributed by atoms with van der Waals surface area (Å²) in [5, 5.41) is 2.09. The number of piperidine rings is 1. The molecule has 0 radical (unpaired) electrons. The highest BCUT2D eigenvalue weighted by atomic mass is 35.5. The summed E-state index contributed by atoms with van der Waals surface area (Å²) in [5.41, 5.74) is 1.13. The van der Waals surface area contributed by atoms with Crippen LogP contribution in [0, 0.1) is 0 Å². The molecule has 1 fully saturated rings. The Kier molecular flexibility index (Phi) is 4.02. The van der Waals surface area contributed by atoms with Crippen molar-refractivity contribution in [2.24, 2.45) is 0 Å². The van der Waals surface area contributed by atoms with E-state index in [9.17, 15) is 9.59 Å². The molecule has 2 aliphatic heterocycles. The molecule has 0 atom stereocenters. The van der Waals surface area contributed by atoms with Crippen LogP contribution in [0.4, 0.5) is 0 Å². The van der Waals surface area contributed by atoms with Crippen molar-refractivity contribution in [3.63, 3.8) is 0 Å². The fourth-order valence-electron chi connectivity index (χ4n) is 3.75. The summed E-state index contributed by atoms with van der Waals surface area (Å²) in [6, 6.07) is 9.00. The molecule has 2 aromatic carbocycles. The third kappa shape index (κ3) is 2.60. The van der Waals surface area contributed by atoms with E-state index < -0.39 is 0 Å². The molecule has 0 bridgehead atoms. The first-order valence-electron chi connectivity index (χ1n) is 8.46. The first-order valence-corrected chi connectivity index (χ1v) is 8.84. The average Bonchev–Trinajstić information content (AvgIpc) is 2.60. The molecule has 0 aliphatic carbocycles. The molecule has 0 saturated carbocycles. The van der Waals surface area contributed by atoms with Gasteiger partial charge < -0.3 is 4.90 Å². The highest BCUT2D eigenvalue weighted by Crippen LogP contribution is 2.32. The average molecular weight is 343 g/mol. The number of carbonyl (C=O) groups excluding carboxylic acids is 2. The molecule has 5 heteroatoms. The van der Waals surface area contributed by atoms with Gasteiger partial charge in [-0.25, -0.2) is 0 Å². The van der Waals surface area contributed by atoms with Crippen molar-refractivity contribution in [3.8, 4) is 0 Å². The highest BCUT2D eigenvalue weighted by Gasteiger charge is 2.33. The summed E-state index contributed by atoms with van der Waals surface area (Å²) in [5.74, 6) is -0.430. The van der Waals surface area contributed by atoms with E-state index in [1.165, 1.54) is 24.2 Å². The van der Waals surface area contributed by atoms with Crippen molar-refractivity contribution < 1.29 is 9.59 Å². The largest absolute Gasteiger partial charge is 0.302 e. The fraction of sp³-hybridized carbons (Fsp3) is 0.368. The van der Waals surface area contributed by atoms with Crippen LogP contribution >= 0.6 is 11.6 Å². The maximum absolute atomic E-state index is 12.9. The molecule has 2 heterocycles. The molecular formula is C19H19ClN2O2. The predicted octanol–water partition coefficient (Wildman–Crippen LogP) is 3.58. The minimum atomic E-state index is -0.233. The van der Waals surface area contributed by atoms with Crippen LogP contribution in [0.2, 0.25) is 5.02 Å². The molecule has 0 unspecified atom stereocenters. The molecule has 0 aromatic heterocycles. The molecular weight excluding hydrogens is 324 g/mol. The van der Waals surface area contributed by atoms with Crippen molar-refractivity contribution in [2.75, 3.05) is 26.2 Å². The number of nitrogens with zero attached hydrogens (tertiary/aromatic N) is 2. The number of halogens is 1. The first-order chi connectivity index (χ1) is 11.6. The van der Waals surface area contributed by atoms with Gasteiger partial charge in [0, 0.05) is 29.1 Å². The summed E-state index contributed by atoms with van der Waals surface area (Å²) < 4.78 is 0. The van der Waals surface area contributed by atoms with Crippen molar-refractivity contribution >= 4 is 34.2 Å². The number of likely N-dealkylation sites (tertiary alicyclic amines) is 1. The van der Waals surface area contributed by atoms with Gasteiger partial charge in [-0.1, -0.05) is 30.2 Å². The standard InChI is InChI=1S/C19H19ClN2O2/c20-14-11-13-5-4-6-15-17(13)16(12-14)19(24)22(18(15)23)10-9-21-7-2-1-3-8-21/h4-6,11-12H,1-3,7-10H2. The monoisotopic (exact) mass is 342 g/mol. The van der Waals surface area contributed by atoms with Gasteiger partial charge in [-0.05, 0) is 49.5 Å². The summed E-state index contributed by atoms with van der Waals surface area (Å²) in [6.07, 6.45) is 3.66. The van der Waals surface area contributed by atoms with Crippen LogP contribution in [0.1, 0.15) is 40.0 Å². The van der Waals surface area contributed by atoms with Crippen molar-refractivity contribution in [3.05, 3.63) is 46.5 Å². The van der Waals surface area contributed by atoms with Crippen LogP contribution in [-0.4, -0.2) is 47.8 Å². The molecule has 2 aromatic rings. The van der Waals surface area contributed by atoms with Gasteiger partial charge in [-0.15, -0.1) is 0 Å². The molecule has 4 nitrogen and oxygen atoms in total. The van der Waals surface area contributed by atoms with E-state index in [2.05, 4.69) is 4.90 Å². The van der Waals surface area contributed by atoms with Gasteiger partial charge in [0.1, 0.15) is 0 Å². The maximum Gasteiger partial charge on any atom is 0.261 e. The second-order valence-corrected chi connectivity index (χ2v) is 6.96. The van der Waals surface area contributed by atoms with Crippen LogP contribution < -0.4 is 0 Å². The summed E-state index contributed by atoms with van der Waals surface area (Å²) in [4.78, 5) is 29.4. The number of hydrogen-bond acceptors (Lipinski definition) is 3. The van der Waals surface area contributed by atoms with Crippen LogP contribution in [-0.2, 0) is 0 Å². The molecule has 2 amide bonds. The van der Waals surface area contributed by atoms with Gasteiger partial charge in [0.2, 0.25) is 0 Å². The van der Waals surface area contributed by atoms with Gasteiger partial charge in [0.25, 0.3) is 11.8 Å². The van der Waals surface area contributed by atoms with E-state index in [-0.39, 0.29) is 11.8 Å². The number of amides is 2. The second kappa shape index (κ2) is 6.19. The Morgan fingerprint density at radius 1 is 0.917 bits per heavy atom. The normalized spacial score (nSPS) is 18.5. The lowest BCUT2D eigenvalue weighted by atomic mass is 9.94. The van der Waals surface area contributed by atoms with E-state index in [1.54, 1.807) is 18.2 Å². The smallest absolute Gasteiger partial charge is 0.261 e. The summed E-state index contributed by atoms with van der Waals surface area (Å²) >= 11 is 6.16. The molecule has 1 saturated heterocycles. The summed E-state index contributed by atoms with van der Waals surface area (Å²) in [7, 11) is 0. The predicted molar refractivity (Wildman–Crippen MR) is 94.6 cm³/mol.